The number of carbonyl (C=O) groups is 1. The molecule has 1 unspecified atom stereocenters. The first kappa shape index (κ1) is 16.6. The molecular weight excluding hydrogens is 326 g/mol. The molecule has 0 aliphatic carbocycles. The van der Waals surface area contributed by atoms with Gasteiger partial charge < -0.3 is 14.8 Å². The van der Waals surface area contributed by atoms with Crippen LogP contribution < -0.4 is 5.32 Å². The summed E-state index contributed by atoms with van der Waals surface area (Å²) < 4.78 is 7.40. The summed E-state index contributed by atoms with van der Waals surface area (Å²) >= 11 is 1.47. The second kappa shape index (κ2) is 7.11. The predicted octanol–water partition coefficient (Wildman–Crippen LogP) is 2.98. The van der Waals surface area contributed by atoms with Crippen LogP contribution in [0.25, 0.3) is 22.4 Å². The van der Waals surface area contributed by atoms with Gasteiger partial charge >= 0.3 is 0 Å². The largest absolute Gasteiger partial charge is 0.454 e. The average molecular weight is 345 g/mol. The van der Waals surface area contributed by atoms with Gasteiger partial charge in [-0.15, -0.1) is 0 Å². The number of aliphatic hydroxyl groups is 1. The highest BCUT2D eigenvalue weighted by Gasteiger charge is 2.17. The quantitative estimate of drug-likeness (QED) is 0.718. The molecule has 0 bridgehead atoms. The summed E-state index contributed by atoms with van der Waals surface area (Å²) in [4.78, 5) is 12.1. The first-order valence-corrected chi connectivity index (χ1v) is 8.92. The Bertz CT molecular complexity index is 823. The molecule has 126 valence electrons. The standard InChI is InChI=1S/C17H19N3O3S/c1-11(24-2)17(22)18-16-10-13(19-20(16)7-8-21)15-9-12-5-3-4-6-14(12)23-15/h3-6,9-11,21H,7-8H2,1-2H3,(H,18,22). The van der Waals surface area contributed by atoms with E-state index in [9.17, 15) is 9.90 Å². The van der Waals surface area contributed by atoms with E-state index < -0.39 is 0 Å². The van der Waals surface area contributed by atoms with Gasteiger partial charge in [-0.1, -0.05) is 18.2 Å². The number of furan rings is 1. The molecule has 2 aromatic heterocycles. The Balaban J connectivity index is 1.94. The molecule has 0 saturated carbocycles. The molecule has 0 aliphatic rings. The molecule has 0 radical (unpaired) electrons. The van der Waals surface area contributed by atoms with Crippen LogP contribution in [0.1, 0.15) is 6.92 Å². The molecule has 0 spiro atoms. The van der Waals surface area contributed by atoms with E-state index in [1.54, 1.807) is 10.7 Å². The van der Waals surface area contributed by atoms with E-state index in [1.165, 1.54) is 11.8 Å². The third kappa shape index (κ3) is 3.32. The van der Waals surface area contributed by atoms with E-state index in [2.05, 4.69) is 10.4 Å². The van der Waals surface area contributed by atoms with Crippen molar-refractivity contribution >= 4 is 34.5 Å². The third-order valence-corrected chi connectivity index (χ3v) is 4.66. The number of benzene rings is 1. The summed E-state index contributed by atoms with van der Waals surface area (Å²) in [6.45, 7) is 2.07. The third-order valence-electron chi connectivity index (χ3n) is 3.74. The lowest BCUT2D eigenvalue weighted by molar-refractivity contribution is -0.115. The average Bonchev–Trinajstić information content (AvgIpc) is 3.18. The highest BCUT2D eigenvalue weighted by molar-refractivity contribution is 7.99. The minimum atomic E-state index is -0.169. The topological polar surface area (TPSA) is 80.3 Å². The molecule has 7 heteroatoms. The van der Waals surface area contributed by atoms with Crippen molar-refractivity contribution in [3.8, 4) is 11.5 Å². The summed E-state index contributed by atoms with van der Waals surface area (Å²) in [6, 6.07) is 11.4. The van der Waals surface area contributed by atoms with Gasteiger partial charge in [-0.2, -0.15) is 16.9 Å². The van der Waals surface area contributed by atoms with Crippen molar-refractivity contribution in [2.24, 2.45) is 0 Å². The summed E-state index contributed by atoms with van der Waals surface area (Å²) in [5.74, 6) is 1.07. The number of aromatic nitrogens is 2. The minimum Gasteiger partial charge on any atom is -0.454 e. The number of hydrogen-bond acceptors (Lipinski definition) is 5. The SMILES string of the molecule is CSC(C)C(=O)Nc1cc(-c2cc3ccccc3o2)nn1CCO. The van der Waals surface area contributed by atoms with Gasteiger partial charge in [-0.05, 0) is 25.3 Å². The van der Waals surface area contributed by atoms with E-state index in [4.69, 9.17) is 4.42 Å². The fraction of sp³-hybridized carbons (Fsp3) is 0.294. The summed E-state index contributed by atoms with van der Waals surface area (Å²) in [7, 11) is 0. The molecule has 1 aromatic carbocycles. The van der Waals surface area contributed by atoms with Crippen LogP contribution >= 0.6 is 11.8 Å². The maximum Gasteiger partial charge on any atom is 0.238 e. The first-order chi connectivity index (χ1) is 11.6. The number of amides is 1. The van der Waals surface area contributed by atoms with Crippen LogP contribution in [0.5, 0.6) is 0 Å². The summed E-state index contributed by atoms with van der Waals surface area (Å²) in [5.41, 5.74) is 1.40. The molecule has 0 saturated heterocycles. The van der Waals surface area contributed by atoms with Crippen LogP contribution in [0.2, 0.25) is 0 Å². The van der Waals surface area contributed by atoms with Crippen LogP contribution in [0.3, 0.4) is 0 Å². The number of nitrogens with zero attached hydrogens (tertiary/aromatic N) is 2. The molecular formula is C17H19N3O3S. The normalized spacial score (nSPS) is 12.5. The van der Waals surface area contributed by atoms with Crippen molar-refractivity contribution in [3.63, 3.8) is 0 Å². The lowest BCUT2D eigenvalue weighted by Gasteiger charge is -2.10. The highest BCUT2D eigenvalue weighted by Crippen LogP contribution is 2.28. The van der Waals surface area contributed by atoms with Crippen molar-refractivity contribution < 1.29 is 14.3 Å². The predicted molar refractivity (Wildman–Crippen MR) is 96.1 cm³/mol. The second-order valence-electron chi connectivity index (χ2n) is 5.38. The number of carbonyl (C=O) groups excluding carboxylic acids is 1. The van der Waals surface area contributed by atoms with E-state index >= 15 is 0 Å². The molecule has 2 heterocycles. The Hall–Kier alpha value is -2.25. The molecule has 3 rings (SSSR count). The number of thioether (sulfide) groups is 1. The number of fused-ring (bicyclic) bond motifs is 1. The van der Waals surface area contributed by atoms with Crippen molar-refractivity contribution in [2.45, 2.75) is 18.7 Å². The Morgan fingerprint density at radius 3 is 2.92 bits per heavy atom. The van der Waals surface area contributed by atoms with Gasteiger partial charge in [0.25, 0.3) is 0 Å². The number of hydrogen-bond donors (Lipinski definition) is 2. The zero-order chi connectivity index (χ0) is 17.1. The Morgan fingerprint density at radius 2 is 2.21 bits per heavy atom. The monoisotopic (exact) mass is 345 g/mol. The van der Waals surface area contributed by atoms with Gasteiger partial charge in [0, 0.05) is 11.5 Å². The van der Waals surface area contributed by atoms with E-state index in [0.29, 0.717) is 23.8 Å². The maximum atomic E-state index is 12.1. The number of nitrogens with one attached hydrogen (secondary N) is 1. The van der Waals surface area contributed by atoms with E-state index in [1.807, 2.05) is 43.5 Å². The van der Waals surface area contributed by atoms with E-state index in [0.717, 1.165) is 11.0 Å². The lowest BCUT2D eigenvalue weighted by Crippen LogP contribution is -2.24. The fourth-order valence-corrected chi connectivity index (χ4v) is 2.62. The van der Waals surface area contributed by atoms with Crippen molar-refractivity contribution in [3.05, 3.63) is 36.4 Å². The molecule has 2 N–H and O–H groups in total. The fourth-order valence-electron chi connectivity index (χ4n) is 2.35. The zero-order valence-corrected chi connectivity index (χ0v) is 14.3. The van der Waals surface area contributed by atoms with Gasteiger partial charge in [0.05, 0.1) is 18.4 Å². The van der Waals surface area contributed by atoms with Gasteiger partial charge in [-0.25, -0.2) is 4.68 Å². The van der Waals surface area contributed by atoms with Crippen molar-refractivity contribution in [1.82, 2.24) is 9.78 Å². The zero-order valence-electron chi connectivity index (χ0n) is 13.5. The molecule has 0 fully saturated rings. The number of aliphatic hydroxyl groups excluding tert-OH is 1. The molecule has 1 atom stereocenters. The lowest BCUT2D eigenvalue weighted by atomic mass is 10.2. The van der Waals surface area contributed by atoms with E-state index in [-0.39, 0.29) is 17.8 Å². The molecule has 24 heavy (non-hydrogen) atoms. The van der Waals surface area contributed by atoms with Gasteiger partial charge in [0.2, 0.25) is 5.91 Å². The van der Waals surface area contributed by atoms with Crippen LogP contribution in [-0.4, -0.2) is 38.9 Å². The smallest absolute Gasteiger partial charge is 0.238 e. The molecule has 0 aliphatic heterocycles. The van der Waals surface area contributed by atoms with Gasteiger partial charge in [0.15, 0.2) is 5.76 Å². The Morgan fingerprint density at radius 1 is 1.42 bits per heavy atom. The number of anilines is 1. The van der Waals surface area contributed by atoms with Crippen LogP contribution in [0, 0.1) is 0 Å². The number of rotatable bonds is 6. The molecule has 3 aromatic rings. The number of para-hydroxylation sites is 1. The van der Waals surface area contributed by atoms with Crippen molar-refractivity contribution in [2.75, 3.05) is 18.2 Å². The minimum absolute atomic E-state index is 0.0673. The first-order valence-electron chi connectivity index (χ1n) is 7.63. The molecule has 1 amide bonds. The van der Waals surface area contributed by atoms with Crippen LogP contribution in [-0.2, 0) is 11.3 Å². The van der Waals surface area contributed by atoms with Gasteiger partial charge in [-0.3, -0.25) is 4.79 Å². The van der Waals surface area contributed by atoms with Crippen LogP contribution in [0.4, 0.5) is 5.82 Å². The van der Waals surface area contributed by atoms with Gasteiger partial charge in [0.1, 0.15) is 17.1 Å². The molecule has 6 nitrogen and oxygen atoms in total. The highest BCUT2D eigenvalue weighted by atomic mass is 32.2. The Labute approximate surface area is 143 Å². The maximum absolute atomic E-state index is 12.1. The Kier molecular flexibility index (Phi) is 4.92. The summed E-state index contributed by atoms with van der Waals surface area (Å²) in [6.07, 6.45) is 1.88. The van der Waals surface area contributed by atoms with Crippen LogP contribution in [0.15, 0.2) is 40.8 Å². The van der Waals surface area contributed by atoms with Crippen molar-refractivity contribution in [1.29, 1.82) is 0 Å². The summed E-state index contributed by atoms with van der Waals surface area (Å²) in [5, 5.41) is 17.4. The second-order valence-corrected chi connectivity index (χ2v) is 6.56.